The number of nitrogens with zero attached hydrogens (tertiary/aromatic N) is 3. The molecule has 90 valence electrons. The number of nitrogens with one attached hydrogen (secondary N) is 1. The molecular weight excluding hydrogens is 220 g/mol. The summed E-state index contributed by atoms with van der Waals surface area (Å²) in [7, 11) is 0. The van der Waals surface area contributed by atoms with Crippen molar-refractivity contribution in [3.05, 3.63) is 12.2 Å². The third kappa shape index (κ3) is 2.98. The fraction of sp³-hybridized carbons (Fsp3) is 0.818. The van der Waals surface area contributed by atoms with E-state index in [9.17, 15) is 0 Å². The summed E-state index contributed by atoms with van der Waals surface area (Å²) in [5.74, 6) is 2.37. The first kappa shape index (κ1) is 11.9. The van der Waals surface area contributed by atoms with Gasteiger partial charge < -0.3 is 5.32 Å². The van der Waals surface area contributed by atoms with Crippen LogP contribution in [0.4, 0.5) is 0 Å². The second-order valence-corrected chi connectivity index (χ2v) is 5.89. The molecule has 1 aliphatic heterocycles. The number of hydrogen-bond acceptors (Lipinski definition) is 4. The van der Waals surface area contributed by atoms with Gasteiger partial charge in [0.25, 0.3) is 0 Å². The lowest BCUT2D eigenvalue weighted by Crippen LogP contribution is -2.25. The second-order valence-electron chi connectivity index (χ2n) is 4.48. The van der Waals surface area contributed by atoms with Gasteiger partial charge in [-0.1, -0.05) is 0 Å². The van der Waals surface area contributed by atoms with Crippen molar-refractivity contribution in [2.75, 3.05) is 12.3 Å². The lowest BCUT2D eigenvalue weighted by molar-refractivity contribution is 0.489. The summed E-state index contributed by atoms with van der Waals surface area (Å²) in [5, 5.41) is 8.51. The molecule has 0 aliphatic carbocycles. The van der Waals surface area contributed by atoms with Crippen molar-refractivity contribution in [1.29, 1.82) is 0 Å². The predicted molar refractivity (Wildman–Crippen MR) is 67.6 cm³/mol. The van der Waals surface area contributed by atoms with Gasteiger partial charge in [0.15, 0.2) is 0 Å². The summed E-state index contributed by atoms with van der Waals surface area (Å²) >= 11 is 2.08. The molecular formula is C11H20N4S. The summed E-state index contributed by atoms with van der Waals surface area (Å²) in [6.45, 7) is 6.18. The number of rotatable bonds is 5. The van der Waals surface area contributed by atoms with Gasteiger partial charge in [-0.2, -0.15) is 16.9 Å². The first-order valence-electron chi connectivity index (χ1n) is 5.98. The van der Waals surface area contributed by atoms with Crippen LogP contribution in [0.15, 0.2) is 6.33 Å². The van der Waals surface area contributed by atoms with Crippen LogP contribution in [0.3, 0.4) is 0 Å². The van der Waals surface area contributed by atoms with E-state index in [1.54, 1.807) is 6.33 Å². The maximum absolute atomic E-state index is 4.28. The Balaban J connectivity index is 1.78. The normalized spacial score (nSPS) is 20.8. The van der Waals surface area contributed by atoms with Gasteiger partial charge in [-0.15, -0.1) is 0 Å². The second kappa shape index (κ2) is 5.68. The van der Waals surface area contributed by atoms with Crippen molar-refractivity contribution in [2.45, 2.75) is 44.5 Å². The van der Waals surface area contributed by atoms with Crippen molar-refractivity contribution in [3.63, 3.8) is 0 Å². The van der Waals surface area contributed by atoms with Crippen LogP contribution < -0.4 is 5.32 Å². The zero-order chi connectivity index (χ0) is 11.4. The molecule has 0 spiro atoms. The van der Waals surface area contributed by atoms with Crippen molar-refractivity contribution in [1.82, 2.24) is 20.1 Å². The number of hydrogen-bond donors (Lipinski definition) is 1. The predicted octanol–water partition coefficient (Wildman–Crippen LogP) is 1.84. The zero-order valence-electron chi connectivity index (χ0n) is 10.0. The molecule has 16 heavy (non-hydrogen) atoms. The highest BCUT2D eigenvalue weighted by Gasteiger charge is 2.15. The molecule has 1 aromatic heterocycles. The summed E-state index contributed by atoms with van der Waals surface area (Å²) < 4.78 is 1.98. The van der Waals surface area contributed by atoms with Crippen molar-refractivity contribution in [2.24, 2.45) is 0 Å². The van der Waals surface area contributed by atoms with Crippen molar-refractivity contribution < 1.29 is 0 Å². The molecule has 1 unspecified atom stereocenters. The van der Waals surface area contributed by atoms with Gasteiger partial charge in [0.05, 0.1) is 6.54 Å². The number of thioether (sulfide) groups is 1. The largest absolute Gasteiger partial charge is 0.309 e. The van der Waals surface area contributed by atoms with Gasteiger partial charge in [0.1, 0.15) is 12.2 Å². The van der Waals surface area contributed by atoms with Crippen LogP contribution >= 0.6 is 11.8 Å². The zero-order valence-corrected chi connectivity index (χ0v) is 10.8. The maximum atomic E-state index is 4.28. The minimum Gasteiger partial charge on any atom is -0.309 e. The molecule has 1 atom stereocenters. The highest BCUT2D eigenvalue weighted by atomic mass is 32.2. The summed E-state index contributed by atoms with van der Waals surface area (Å²) in [6.07, 6.45) is 4.37. The summed E-state index contributed by atoms with van der Waals surface area (Å²) in [6, 6.07) is 0.389. The third-order valence-electron chi connectivity index (χ3n) is 2.82. The molecule has 0 aromatic carbocycles. The molecule has 5 heteroatoms. The Morgan fingerprint density at radius 2 is 2.50 bits per heavy atom. The molecule has 1 aliphatic rings. The van der Waals surface area contributed by atoms with Crippen LogP contribution in [0.25, 0.3) is 0 Å². The lowest BCUT2D eigenvalue weighted by Gasteiger charge is -2.12. The fourth-order valence-corrected chi connectivity index (χ4v) is 3.22. The SMILES string of the molecule is CC(C)n1ncnc1CNCC1CCCS1. The smallest absolute Gasteiger partial charge is 0.141 e. The quantitative estimate of drug-likeness (QED) is 0.853. The molecule has 1 saturated heterocycles. The van der Waals surface area contributed by atoms with E-state index < -0.39 is 0 Å². The first-order valence-corrected chi connectivity index (χ1v) is 7.03. The van der Waals surface area contributed by atoms with E-state index >= 15 is 0 Å². The van der Waals surface area contributed by atoms with Crippen LogP contribution in [-0.4, -0.2) is 32.3 Å². The van der Waals surface area contributed by atoms with Gasteiger partial charge in [0.2, 0.25) is 0 Å². The van der Waals surface area contributed by atoms with Crippen LogP contribution in [0.2, 0.25) is 0 Å². The van der Waals surface area contributed by atoms with E-state index in [1.807, 2.05) is 4.68 Å². The van der Waals surface area contributed by atoms with E-state index in [0.717, 1.165) is 24.2 Å². The Morgan fingerprint density at radius 1 is 1.62 bits per heavy atom. The third-order valence-corrected chi connectivity index (χ3v) is 4.21. The highest BCUT2D eigenvalue weighted by molar-refractivity contribution is 8.00. The monoisotopic (exact) mass is 240 g/mol. The highest BCUT2D eigenvalue weighted by Crippen LogP contribution is 2.25. The van der Waals surface area contributed by atoms with E-state index in [-0.39, 0.29) is 0 Å². The first-order chi connectivity index (χ1) is 7.77. The molecule has 2 heterocycles. The minimum absolute atomic E-state index is 0.389. The Hall–Kier alpha value is -0.550. The molecule has 0 amide bonds. The van der Waals surface area contributed by atoms with E-state index in [0.29, 0.717) is 6.04 Å². The Bertz CT molecular complexity index is 318. The minimum atomic E-state index is 0.389. The molecule has 0 bridgehead atoms. The molecule has 0 radical (unpaired) electrons. The van der Waals surface area contributed by atoms with Gasteiger partial charge in [-0.3, -0.25) is 0 Å². The molecule has 1 fully saturated rings. The van der Waals surface area contributed by atoms with Crippen LogP contribution in [-0.2, 0) is 6.54 Å². The van der Waals surface area contributed by atoms with E-state index in [1.165, 1.54) is 18.6 Å². The Labute approximate surface area is 101 Å². The van der Waals surface area contributed by atoms with Gasteiger partial charge in [0, 0.05) is 17.8 Å². The van der Waals surface area contributed by atoms with Crippen LogP contribution in [0, 0.1) is 0 Å². The Morgan fingerprint density at radius 3 is 3.19 bits per heavy atom. The molecule has 4 nitrogen and oxygen atoms in total. The molecule has 1 aromatic rings. The van der Waals surface area contributed by atoms with Crippen molar-refractivity contribution >= 4 is 11.8 Å². The summed E-state index contributed by atoms with van der Waals surface area (Å²) in [5.41, 5.74) is 0. The Kier molecular flexibility index (Phi) is 4.23. The van der Waals surface area contributed by atoms with E-state index in [4.69, 9.17) is 0 Å². The standard InChI is InChI=1S/C11H20N4S/c1-9(2)15-11(13-8-14-15)7-12-6-10-4-3-5-16-10/h8-10,12H,3-7H2,1-2H3. The van der Waals surface area contributed by atoms with Crippen molar-refractivity contribution in [3.8, 4) is 0 Å². The molecule has 1 N–H and O–H groups in total. The van der Waals surface area contributed by atoms with E-state index in [2.05, 4.69) is 41.0 Å². The lowest BCUT2D eigenvalue weighted by atomic mass is 10.2. The molecule has 0 saturated carbocycles. The fourth-order valence-electron chi connectivity index (χ4n) is 1.98. The average molecular weight is 240 g/mol. The van der Waals surface area contributed by atoms with Gasteiger partial charge in [-0.25, -0.2) is 9.67 Å². The molecule has 2 rings (SSSR count). The van der Waals surface area contributed by atoms with Gasteiger partial charge in [-0.05, 0) is 32.4 Å². The topological polar surface area (TPSA) is 42.7 Å². The van der Waals surface area contributed by atoms with Gasteiger partial charge >= 0.3 is 0 Å². The van der Waals surface area contributed by atoms with Crippen LogP contribution in [0.5, 0.6) is 0 Å². The number of aromatic nitrogens is 3. The summed E-state index contributed by atoms with van der Waals surface area (Å²) in [4.78, 5) is 4.28. The average Bonchev–Trinajstić information content (AvgIpc) is 2.87. The maximum Gasteiger partial charge on any atom is 0.141 e. The van der Waals surface area contributed by atoms with Crippen LogP contribution in [0.1, 0.15) is 38.6 Å².